The van der Waals surface area contributed by atoms with Crippen molar-refractivity contribution in [3.05, 3.63) is 35.9 Å². The highest BCUT2D eigenvalue weighted by molar-refractivity contribution is 5.28. The second-order valence-electron chi connectivity index (χ2n) is 4.57. The lowest BCUT2D eigenvalue weighted by Crippen LogP contribution is -2.58. The SMILES string of the molecule is CC(C)(c1ccccc1)C(C)(N)C(F)F. The molecule has 1 aromatic carbocycles. The number of halogens is 2. The van der Waals surface area contributed by atoms with Gasteiger partial charge in [0.1, 0.15) is 0 Å². The summed E-state index contributed by atoms with van der Waals surface area (Å²) in [6.45, 7) is 4.88. The normalized spacial score (nSPS) is 16.5. The largest absolute Gasteiger partial charge is 0.320 e. The van der Waals surface area contributed by atoms with Crippen LogP contribution in [-0.4, -0.2) is 12.0 Å². The van der Waals surface area contributed by atoms with Crippen LogP contribution in [0.5, 0.6) is 0 Å². The maximum atomic E-state index is 12.9. The van der Waals surface area contributed by atoms with E-state index in [9.17, 15) is 8.78 Å². The summed E-state index contributed by atoms with van der Waals surface area (Å²) in [6, 6.07) is 9.17. The highest BCUT2D eigenvalue weighted by Crippen LogP contribution is 2.36. The van der Waals surface area contributed by atoms with E-state index >= 15 is 0 Å². The molecule has 0 fully saturated rings. The molecule has 0 bridgehead atoms. The highest BCUT2D eigenvalue weighted by Gasteiger charge is 2.45. The summed E-state index contributed by atoms with van der Waals surface area (Å²) in [5.41, 5.74) is 4.25. The quantitative estimate of drug-likeness (QED) is 0.820. The van der Waals surface area contributed by atoms with Crippen LogP contribution in [0.25, 0.3) is 0 Å². The zero-order valence-corrected chi connectivity index (χ0v) is 9.30. The van der Waals surface area contributed by atoms with Gasteiger partial charge in [-0.05, 0) is 12.5 Å². The van der Waals surface area contributed by atoms with Crippen molar-refractivity contribution in [1.29, 1.82) is 0 Å². The van der Waals surface area contributed by atoms with Crippen molar-refractivity contribution in [2.75, 3.05) is 0 Å². The zero-order valence-electron chi connectivity index (χ0n) is 9.30. The molecule has 0 radical (unpaired) electrons. The van der Waals surface area contributed by atoms with Gasteiger partial charge in [-0.3, -0.25) is 0 Å². The van der Waals surface area contributed by atoms with E-state index in [1.165, 1.54) is 6.92 Å². The molecule has 3 heteroatoms. The van der Waals surface area contributed by atoms with Gasteiger partial charge in [0, 0.05) is 5.41 Å². The summed E-state index contributed by atoms with van der Waals surface area (Å²) in [7, 11) is 0. The minimum atomic E-state index is -2.55. The van der Waals surface area contributed by atoms with Crippen LogP contribution in [0, 0.1) is 0 Å². The number of benzene rings is 1. The molecule has 1 rings (SSSR count). The lowest BCUT2D eigenvalue weighted by Gasteiger charge is -2.41. The third-order valence-electron chi connectivity index (χ3n) is 3.30. The molecular weight excluding hydrogens is 196 g/mol. The first-order valence-electron chi connectivity index (χ1n) is 4.92. The van der Waals surface area contributed by atoms with Crippen molar-refractivity contribution in [3.8, 4) is 0 Å². The molecule has 0 amide bonds. The summed E-state index contributed by atoms with van der Waals surface area (Å²) >= 11 is 0. The van der Waals surface area contributed by atoms with E-state index in [0.717, 1.165) is 5.56 Å². The molecule has 0 heterocycles. The average Bonchev–Trinajstić information content (AvgIpc) is 2.18. The average molecular weight is 213 g/mol. The number of nitrogens with two attached hydrogens (primary N) is 1. The summed E-state index contributed by atoms with van der Waals surface area (Å²) < 4.78 is 25.7. The molecule has 0 saturated heterocycles. The Hall–Kier alpha value is -0.960. The van der Waals surface area contributed by atoms with E-state index in [0.29, 0.717) is 0 Å². The highest BCUT2D eigenvalue weighted by atomic mass is 19.3. The first-order chi connectivity index (χ1) is 6.80. The van der Waals surface area contributed by atoms with E-state index in [-0.39, 0.29) is 0 Å². The molecule has 84 valence electrons. The van der Waals surface area contributed by atoms with Crippen molar-refractivity contribution in [1.82, 2.24) is 0 Å². The lowest BCUT2D eigenvalue weighted by molar-refractivity contribution is 0.0237. The minimum Gasteiger partial charge on any atom is -0.320 e. The van der Waals surface area contributed by atoms with Crippen molar-refractivity contribution in [2.45, 2.75) is 38.2 Å². The first-order valence-corrected chi connectivity index (χ1v) is 4.92. The molecule has 1 nitrogen and oxygen atoms in total. The molecule has 2 N–H and O–H groups in total. The van der Waals surface area contributed by atoms with E-state index in [1.54, 1.807) is 13.8 Å². The fourth-order valence-corrected chi connectivity index (χ4v) is 1.44. The topological polar surface area (TPSA) is 26.0 Å². The van der Waals surface area contributed by atoms with Crippen LogP contribution in [0.4, 0.5) is 8.78 Å². The summed E-state index contributed by atoms with van der Waals surface area (Å²) in [6.07, 6.45) is -2.55. The molecule has 0 aromatic heterocycles. The van der Waals surface area contributed by atoms with Crippen LogP contribution in [0.3, 0.4) is 0 Å². The molecule has 1 aromatic rings. The van der Waals surface area contributed by atoms with Crippen molar-refractivity contribution < 1.29 is 8.78 Å². The molecule has 1 unspecified atom stereocenters. The Morgan fingerprint density at radius 3 is 1.93 bits per heavy atom. The molecule has 15 heavy (non-hydrogen) atoms. The molecule has 0 aliphatic carbocycles. The predicted octanol–water partition coefficient (Wildman–Crippen LogP) is 2.95. The molecule has 1 atom stereocenters. The first kappa shape index (κ1) is 12.1. The van der Waals surface area contributed by atoms with Crippen molar-refractivity contribution in [3.63, 3.8) is 0 Å². The maximum absolute atomic E-state index is 12.9. The standard InChI is InChI=1S/C12H17F2N/c1-11(2,12(3,15)10(13)14)9-7-5-4-6-8-9/h4-8,10H,15H2,1-3H3. The van der Waals surface area contributed by atoms with Gasteiger partial charge in [0.15, 0.2) is 0 Å². The van der Waals surface area contributed by atoms with Gasteiger partial charge in [0.05, 0.1) is 5.54 Å². The Bertz CT molecular complexity index is 318. The Balaban J connectivity index is 3.13. The smallest absolute Gasteiger partial charge is 0.256 e. The Morgan fingerprint density at radius 1 is 1.07 bits per heavy atom. The number of hydrogen-bond acceptors (Lipinski definition) is 1. The number of rotatable bonds is 3. The molecular formula is C12H17F2N. The van der Waals surface area contributed by atoms with Gasteiger partial charge in [-0.15, -0.1) is 0 Å². The van der Waals surface area contributed by atoms with E-state index in [1.807, 2.05) is 30.3 Å². The predicted molar refractivity (Wildman–Crippen MR) is 58.1 cm³/mol. The van der Waals surface area contributed by atoms with Gasteiger partial charge in [-0.25, -0.2) is 8.78 Å². The van der Waals surface area contributed by atoms with Gasteiger partial charge in [0.2, 0.25) is 0 Å². The lowest BCUT2D eigenvalue weighted by atomic mass is 9.69. The van der Waals surface area contributed by atoms with Crippen molar-refractivity contribution >= 4 is 0 Å². The Morgan fingerprint density at radius 2 is 1.53 bits per heavy atom. The molecule has 0 saturated carbocycles. The van der Waals surface area contributed by atoms with Gasteiger partial charge < -0.3 is 5.73 Å². The second-order valence-corrected chi connectivity index (χ2v) is 4.57. The summed E-state index contributed by atoms with van der Waals surface area (Å²) in [5, 5.41) is 0. The minimum absolute atomic E-state index is 0.761. The third kappa shape index (κ3) is 2.02. The molecule has 0 spiro atoms. The van der Waals surface area contributed by atoms with Crippen molar-refractivity contribution in [2.24, 2.45) is 5.73 Å². The Labute approximate surface area is 89.3 Å². The van der Waals surface area contributed by atoms with Crippen LogP contribution < -0.4 is 5.73 Å². The zero-order chi connectivity index (χ0) is 11.7. The summed E-state index contributed by atoms with van der Waals surface area (Å²) in [5.74, 6) is 0. The van der Waals surface area contributed by atoms with E-state index in [4.69, 9.17) is 5.73 Å². The summed E-state index contributed by atoms with van der Waals surface area (Å²) in [4.78, 5) is 0. The van der Waals surface area contributed by atoms with Crippen LogP contribution in [-0.2, 0) is 5.41 Å². The van der Waals surface area contributed by atoms with E-state index < -0.39 is 17.4 Å². The number of hydrogen-bond donors (Lipinski definition) is 1. The molecule has 0 aliphatic rings. The Kier molecular flexibility index (Phi) is 3.14. The van der Waals surface area contributed by atoms with Gasteiger partial charge in [0.25, 0.3) is 6.43 Å². The molecule has 0 aliphatic heterocycles. The fraction of sp³-hybridized carbons (Fsp3) is 0.500. The van der Waals surface area contributed by atoms with Crippen LogP contribution in [0.15, 0.2) is 30.3 Å². The van der Waals surface area contributed by atoms with Crippen LogP contribution in [0.1, 0.15) is 26.3 Å². The van der Waals surface area contributed by atoms with Gasteiger partial charge in [-0.1, -0.05) is 44.2 Å². The fourth-order valence-electron chi connectivity index (χ4n) is 1.44. The van der Waals surface area contributed by atoms with Gasteiger partial charge >= 0.3 is 0 Å². The van der Waals surface area contributed by atoms with Gasteiger partial charge in [-0.2, -0.15) is 0 Å². The maximum Gasteiger partial charge on any atom is 0.256 e. The van der Waals surface area contributed by atoms with E-state index in [2.05, 4.69) is 0 Å². The third-order valence-corrected chi connectivity index (χ3v) is 3.30. The number of alkyl halides is 2. The van der Waals surface area contributed by atoms with Crippen LogP contribution in [0.2, 0.25) is 0 Å². The monoisotopic (exact) mass is 213 g/mol. The van der Waals surface area contributed by atoms with Crippen LogP contribution >= 0.6 is 0 Å². The second kappa shape index (κ2) is 3.89.